The zero-order chi connectivity index (χ0) is 43.4. The molecule has 0 atom stereocenters. The molecular weight excluding hydrogens is 892 g/mol. The van der Waals surface area contributed by atoms with E-state index in [1.807, 2.05) is 41.3 Å². The molecule has 0 bridgehead atoms. The van der Waals surface area contributed by atoms with Crippen LogP contribution >= 0.6 is 46.4 Å². The van der Waals surface area contributed by atoms with Crippen LogP contribution in [-0.4, -0.2) is 93.3 Å². The highest BCUT2D eigenvalue weighted by atomic mass is 35.5. The first-order valence-electron chi connectivity index (χ1n) is 21.2. The highest BCUT2D eigenvalue weighted by Crippen LogP contribution is 2.45. The van der Waals surface area contributed by atoms with E-state index in [4.69, 9.17) is 55.9 Å². The molecule has 3 aliphatic heterocycles. The van der Waals surface area contributed by atoms with Gasteiger partial charge in [-0.15, -0.1) is 0 Å². The Morgan fingerprint density at radius 3 is 1.44 bits per heavy atom. The maximum atomic E-state index is 13.9. The lowest BCUT2D eigenvalue weighted by molar-refractivity contribution is -0.164. The molecule has 0 radical (unpaired) electrons. The summed E-state index contributed by atoms with van der Waals surface area (Å²) < 4.78 is 37.9. The highest BCUT2D eigenvalue weighted by molar-refractivity contribution is 7.88. The normalized spacial score (nSPS) is 20.3. The van der Waals surface area contributed by atoms with Crippen molar-refractivity contribution in [1.82, 2.24) is 4.31 Å². The van der Waals surface area contributed by atoms with Crippen molar-refractivity contribution in [2.45, 2.75) is 81.4 Å². The Morgan fingerprint density at radius 1 is 0.613 bits per heavy atom. The molecule has 0 aromatic heterocycles. The molecule has 0 spiro atoms. The predicted octanol–water partition coefficient (Wildman–Crippen LogP) is 8.99. The molecule has 10 rings (SSSR count). The van der Waals surface area contributed by atoms with Crippen LogP contribution in [0.4, 0.5) is 22.7 Å². The van der Waals surface area contributed by atoms with Gasteiger partial charge in [0.25, 0.3) is 11.8 Å². The average molecular weight is 942 g/mol. The maximum absolute atomic E-state index is 13.9. The molecule has 4 aromatic carbocycles. The molecule has 4 fully saturated rings. The zero-order valence-electron chi connectivity index (χ0n) is 34.4. The lowest BCUT2D eigenvalue weighted by Gasteiger charge is -2.50. The fraction of sp³-hybridized carbons (Fsp3) is 0.435. The highest BCUT2D eigenvalue weighted by Gasteiger charge is 2.56. The van der Waals surface area contributed by atoms with Crippen molar-refractivity contribution < 1.29 is 27.5 Å². The number of ether oxygens (including phenoxy) is 2. The number of amides is 2. The molecule has 2 amide bonds. The number of para-hydroxylation sites is 4. The summed E-state index contributed by atoms with van der Waals surface area (Å²) in [6.45, 7) is 3.11. The van der Waals surface area contributed by atoms with Gasteiger partial charge >= 0.3 is 0 Å². The molecular formula is C46H49Cl4N5O6S. The number of fused-ring (bicyclic) bond motifs is 2. The van der Waals surface area contributed by atoms with Crippen LogP contribution in [-0.2, 0) is 42.3 Å². The second kappa shape index (κ2) is 17.4. The SMILES string of the molecule is CS(=O)(=O)N1CC(OCc2cc(Cl)ccc2Cl)(C(=O)N2CCN(C3CC3)c3ccccc32)C1.O=C(N1CCN(C2CC2)c2ccccc21)C1(OCc2cc(Cl)ccc2Cl)CCC1. The Labute approximate surface area is 383 Å². The molecule has 1 saturated heterocycles. The standard InChI is InChI=1S/C23H25Cl2N3O4S.C23H24Cl2N2O2/c1-33(30,31)26-14-23(15-26,32-13-16-12-17(24)6-9-19(16)25)22(29)28-11-10-27(18-7-8-18)20-4-2-3-5-21(20)28;24-17-6-9-19(25)16(14-17)15-29-23(10-3-11-23)22(28)27-13-12-26(18-7-8-18)20-4-1-2-5-21(20)27/h2-6,9,12,18H,7-8,10-11,13-15H2,1H3;1-2,4-6,9,14,18H,3,7-8,10-13,15H2. The topological polar surface area (TPSA) is 103 Å². The monoisotopic (exact) mass is 939 g/mol. The lowest BCUT2D eigenvalue weighted by atomic mass is 9.78. The van der Waals surface area contributed by atoms with Crippen LogP contribution in [0, 0.1) is 0 Å². The van der Waals surface area contributed by atoms with E-state index in [2.05, 4.69) is 28.0 Å². The van der Waals surface area contributed by atoms with E-state index in [9.17, 15) is 18.0 Å². The molecule has 16 heteroatoms. The van der Waals surface area contributed by atoms with Gasteiger partial charge in [0.05, 0.1) is 55.3 Å². The van der Waals surface area contributed by atoms with Crippen molar-refractivity contribution in [1.29, 1.82) is 0 Å². The smallest absolute Gasteiger partial charge is 0.262 e. The molecule has 3 saturated carbocycles. The molecule has 0 N–H and O–H groups in total. The fourth-order valence-corrected chi connectivity index (χ4v) is 10.5. The summed E-state index contributed by atoms with van der Waals surface area (Å²) in [7, 11) is -3.44. The van der Waals surface area contributed by atoms with Crippen LogP contribution < -0.4 is 19.6 Å². The number of hydrogen-bond donors (Lipinski definition) is 0. The molecule has 0 unspecified atom stereocenters. The molecule has 4 aromatic rings. The number of carbonyl (C=O) groups excluding carboxylic acids is 2. The molecule has 328 valence electrons. The van der Waals surface area contributed by atoms with Crippen LogP contribution in [0.5, 0.6) is 0 Å². The lowest BCUT2D eigenvalue weighted by Crippen LogP contribution is -2.71. The maximum Gasteiger partial charge on any atom is 0.262 e. The zero-order valence-corrected chi connectivity index (χ0v) is 38.3. The average Bonchev–Trinajstić information content (AvgIpc) is 4.17. The number of halogens is 4. The van der Waals surface area contributed by atoms with Crippen molar-refractivity contribution in [2.75, 3.05) is 65.1 Å². The van der Waals surface area contributed by atoms with E-state index in [1.165, 1.54) is 35.7 Å². The van der Waals surface area contributed by atoms with Gasteiger partial charge in [0.1, 0.15) is 5.60 Å². The van der Waals surface area contributed by atoms with Crippen molar-refractivity contribution >= 4 is 91.0 Å². The van der Waals surface area contributed by atoms with Gasteiger partial charge in [0, 0.05) is 58.4 Å². The van der Waals surface area contributed by atoms with E-state index in [-0.39, 0.29) is 38.1 Å². The number of nitrogens with zero attached hydrogens (tertiary/aromatic N) is 5. The van der Waals surface area contributed by atoms with Gasteiger partial charge < -0.3 is 29.1 Å². The van der Waals surface area contributed by atoms with Gasteiger partial charge in [0.2, 0.25) is 10.0 Å². The van der Waals surface area contributed by atoms with E-state index < -0.39 is 21.2 Å². The second-order valence-electron chi connectivity index (χ2n) is 17.2. The van der Waals surface area contributed by atoms with Crippen LogP contribution in [0.25, 0.3) is 0 Å². The summed E-state index contributed by atoms with van der Waals surface area (Å²) in [6, 6.07) is 27.7. The minimum Gasteiger partial charge on any atom is -0.365 e. The van der Waals surface area contributed by atoms with Crippen molar-refractivity contribution in [3.05, 3.63) is 116 Å². The van der Waals surface area contributed by atoms with Gasteiger partial charge in [-0.25, -0.2) is 8.42 Å². The quantitative estimate of drug-likeness (QED) is 0.147. The molecule has 3 heterocycles. The number of hydrogen-bond acceptors (Lipinski definition) is 8. The number of benzene rings is 4. The number of carbonyl (C=O) groups is 2. The van der Waals surface area contributed by atoms with Crippen molar-refractivity contribution in [3.8, 4) is 0 Å². The number of anilines is 4. The molecule has 11 nitrogen and oxygen atoms in total. The third-order valence-electron chi connectivity index (χ3n) is 12.9. The van der Waals surface area contributed by atoms with Crippen LogP contribution in [0.1, 0.15) is 56.1 Å². The Balaban J connectivity index is 0.000000159. The summed E-state index contributed by atoms with van der Waals surface area (Å²) in [4.78, 5) is 36.1. The third-order valence-corrected chi connectivity index (χ3v) is 15.3. The first-order chi connectivity index (χ1) is 29.7. The molecule has 62 heavy (non-hydrogen) atoms. The van der Waals surface area contributed by atoms with Gasteiger partial charge in [-0.3, -0.25) is 9.59 Å². The summed E-state index contributed by atoms with van der Waals surface area (Å²) in [6.07, 6.45) is 8.45. The van der Waals surface area contributed by atoms with Crippen molar-refractivity contribution in [2.24, 2.45) is 0 Å². The van der Waals surface area contributed by atoms with Crippen LogP contribution in [0.3, 0.4) is 0 Å². The van der Waals surface area contributed by atoms with Gasteiger partial charge in [0.15, 0.2) is 5.60 Å². The van der Waals surface area contributed by atoms with Gasteiger partial charge in [-0.1, -0.05) is 70.7 Å². The largest absolute Gasteiger partial charge is 0.365 e. The first-order valence-corrected chi connectivity index (χ1v) is 24.6. The third kappa shape index (κ3) is 8.78. The Morgan fingerprint density at radius 2 is 1.03 bits per heavy atom. The first kappa shape index (κ1) is 43.7. The Kier molecular flexibility index (Phi) is 12.3. The van der Waals surface area contributed by atoms with E-state index in [0.717, 1.165) is 61.2 Å². The van der Waals surface area contributed by atoms with Crippen LogP contribution in [0.15, 0.2) is 84.9 Å². The van der Waals surface area contributed by atoms with Crippen LogP contribution in [0.2, 0.25) is 20.1 Å². The number of rotatable bonds is 11. The van der Waals surface area contributed by atoms with Gasteiger partial charge in [-0.2, -0.15) is 4.31 Å². The summed E-state index contributed by atoms with van der Waals surface area (Å²) in [5.41, 5.74) is 3.46. The van der Waals surface area contributed by atoms with Crippen molar-refractivity contribution in [3.63, 3.8) is 0 Å². The molecule has 3 aliphatic carbocycles. The minimum atomic E-state index is -3.44. The summed E-state index contributed by atoms with van der Waals surface area (Å²) in [5, 5.41) is 2.21. The number of sulfonamides is 1. The van der Waals surface area contributed by atoms with E-state index in [0.29, 0.717) is 50.8 Å². The summed E-state index contributed by atoms with van der Waals surface area (Å²) >= 11 is 24.8. The Hall–Kier alpha value is -3.59. The van der Waals surface area contributed by atoms with E-state index >= 15 is 0 Å². The predicted molar refractivity (Wildman–Crippen MR) is 247 cm³/mol. The minimum absolute atomic E-state index is 0.0339. The van der Waals surface area contributed by atoms with E-state index in [1.54, 1.807) is 35.2 Å². The fourth-order valence-electron chi connectivity index (χ4n) is 8.92. The Bertz CT molecular complexity index is 2480. The summed E-state index contributed by atoms with van der Waals surface area (Å²) in [5.74, 6) is -0.159. The molecule has 6 aliphatic rings. The van der Waals surface area contributed by atoms with Gasteiger partial charge in [-0.05, 0) is 117 Å². The second-order valence-corrected chi connectivity index (χ2v) is 20.8.